The van der Waals surface area contributed by atoms with Gasteiger partial charge >= 0.3 is 0 Å². The average Bonchev–Trinajstić information content (AvgIpc) is 2.43. The minimum Gasteiger partial charge on any atom is -0.324 e. The summed E-state index contributed by atoms with van der Waals surface area (Å²) in [6.45, 7) is 0. The van der Waals surface area contributed by atoms with Crippen LogP contribution in [0, 0.1) is 0 Å². The molecule has 2 nitrogen and oxygen atoms in total. The van der Waals surface area contributed by atoms with Gasteiger partial charge in [0.1, 0.15) is 5.78 Å². The first kappa shape index (κ1) is 15.0. The van der Waals surface area contributed by atoms with Gasteiger partial charge in [0.2, 0.25) is 0 Å². The maximum absolute atomic E-state index is 12.1. The number of Topliss-reactive ketones (excluding diaryl/α,β-unsaturated/α-hetero) is 1. The fraction of sp³-hybridized carbons (Fsp3) is 0.188. The molecule has 0 heterocycles. The van der Waals surface area contributed by atoms with Gasteiger partial charge in [0, 0.05) is 28.9 Å². The minimum absolute atomic E-state index is 0.0607. The second-order valence-electron chi connectivity index (χ2n) is 4.67. The lowest BCUT2D eigenvalue weighted by molar-refractivity contribution is -0.118. The van der Waals surface area contributed by atoms with Crippen LogP contribution < -0.4 is 5.73 Å². The molecular formula is C16H15Cl2NO. The molecule has 0 aliphatic rings. The van der Waals surface area contributed by atoms with E-state index in [1.807, 2.05) is 30.3 Å². The first-order valence-electron chi connectivity index (χ1n) is 6.32. The van der Waals surface area contributed by atoms with Gasteiger partial charge < -0.3 is 5.73 Å². The van der Waals surface area contributed by atoms with Crippen LogP contribution in [0.15, 0.2) is 48.5 Å². The molecule has 0 aromatic heterocycles. The van der Waals surface area contributed by atoms with E-state index >= 15 is 0 Å². The Labute approximate surface area is 128 Å². The second-order valence-corrected chi connectivity index (χ2v) is 5.52. The van der Waals surface area contributed by atoms with Crippen LogP contribution in [0.2, 0.25) is 10.0 Å². The van der Waals surface area contributed by atoms with Gasteiger partial charge in [-0.15, -0.1) is 0 Å². The molecule has 0 aliphatic carbocycles. The van der Waals surface area contributed by atoms with Crippen LogP contribution in [0.3, 0.4) is 0 Å². The van der Waals surface area contributed by atoms with Gasteiger partial charge in [0.05, 0.1) is 0 Å². The van der Waals surface area contributed by atoms with Crippen molar-refractivity contribution in [1.82, 2.24) is 0 Å². The Balaban J connectivity index is 1.99. The Morgan fingerprint density at radius 1 is 1.10 bits per heavy atom. The number of ketones is 1. The smallest absolute Gasteiger partial charge is 0.139 e. The molecule has 1 unspecified atom stereocenters. The largest absolute Gasteiger partial charge is 0.324 e. The van der Waals surface area contributed by atoms with Gasteiger partial charge in [-0.1, -0.05) is 59.6 Å². The predicted molar refractivity (Wildman–Crippen MR) is 83.2 cm³/mol. The van der Waals surface area contributed by atoms with Crippen molar-refractivity contribution in [3.63, 3.8) is 0 Å². The molecular weight excluding hydrogens is 293 g/mol. The van der Waals surface area contributed by atoms with E-state index in [0.29, 0.717) is 16.5 Å². The van der Waals surface area contributed by atoms with E-state index in [4.69, 9.17) is 28.9 Å². The quantitative estimate of drug-likeness (QED) is 0.899. The fourth-order valence-corrected chi connectivity index (χ4v) is 2.49. The zero-order valence-electron chi connectivity index (χ0n) is 10.9. The SMILES string of the molecule is NC(CC(=O)Cc1ccc(Cl)cc1Cl)c1ccccc1. The number of benzene rings is 2. The first-order chi connectivity index (χ1) is 9.56. The number of carbonyl (C=O) groups excluding carboxylic acids is 1. The monoisotopic (exact) mass is 307 g/mol. The lowest BCUT2D eigenvalue weighted by atomic mass is 9.99. The Morgan fingerprint density at radius 2 is 1.80 bits per heavy atom. The van der Waals surface area contributed by atoms with Crippen molar-refractivity contribution in [1.29, 1.82) is 0 Å². The second kappa shape index (κ2) is 6.89. The molecule has 20 heavy (non-hydrogen) atoms. The first-order valence-corrected chi connectivity index (χ1v) is 7.08. The Morgan fingerprint density at radius 3 is 2.45 bits per heavy atom. The number of nitrogens with two attached hydrogens (primary N) is 1. The van der Waals surface area contributed by atoms with E-state index in [1.165, 1.54) is 0 Å². The lowest BCUT2D eigenvalue weighted by Crippen LogP contribution is -2.16. The predicted octanol–water partition coefficient (Wildman–Crippen LogP) is 4.20. The maximum Gasteiger partial charge on any atom is 0.139 e. The normalized spacial score (nSPS) is 12.2. The molecule has 2 rings (SSSR count). The van der Waals surface area contributed by atoms with E-state index in [-0.39, 0.29) is 18.2 Å². The highest BCUT2D eigenvalue weighted by Gasteiger charge is 2.13. The molecule has 0 fully saturated rings. The van der Waals surface area contributed by atoms with Gasteiger partial charge in [0.25, 0.3) is 0 Å². The average molecular weight is 308 g/mol. The van der Waals surface area contributed by atoms with Crippen molar-refractivity contribution in [2.75, 3.05) is 0 Å². The zero-order chi connectivity index (χ0) is 14.5. The molecule has 4 heteroatoms. The highest BCUT2D eigenvalue weighted by molar-refractivity contribution is 6.35. The third kappa shape index (κ3) is 4.07. The van der Waals surface area contributed by atoms with Crippen molar-refractivity contribution in [2.45, 2.75) is 18.9 Å². The molecule has 0 amide bonds. The molecule has 2 aromatic rings. The zero-order valence-corrected chi connectivity index (χ0v) is 12.4. The Hall–Kier alpha value is -1.35. The topological polar surface area (TPSA) is 43.1 Å². The third-order valence-corrected chi connectivity index (χ3v) is 3.66. The third-order valence-electron chi connectivity index (χ3n) is 3.08. The molecule has 0 spiro atoms. The highest BCUT2D eigenvalue weighted by atomic mass is 35.5. The van der Waals surface area contributed by atoms with Gasteiger partial charge in [-0.25, -0.2) is 0 Å². The summed E-state index contributed by atoms with van der Waals surface area (Å²) in [7, 11) is 0. The molecule has 0 aliphatic heterocycles. The van der Waals surface area contributed by atoms with Crippen molar-refractivity contribution < 1.29 is 4.79 Å². The van der Waals surface area contributed by atoms with Crippen LogP contribution in [0.4, 0.5) is 0 Å². The Kier molecular flexibility index (Phi) is 5.18. The van der Waals surface area contributed by atoms with Crippen LogP contribution in [-0.4, -0.2) is 5.78 Å². The summed E-state index contributed by atoms with van der Waals surface area (Å²) < 4.78 is 0. The molecule has 1 atom stereocenters. The standard InChI is InChI=1S/C16H15Cl2NO/c17-13-7-6-12(15(18)9-13)8-14(20)10-16(19)11-4-2-1-3-5-11/h1-7,9,16H,8,10,19H2. The highest BCUT2D eigenvalue weighted by Crippen LogP contribution is 2.23. The van der Waals surface area contributed by atoms with Crippen LogP contribution >= 0.6 is 23.2 Å². The van der Waals surface area contributed by atoms with Crippen molar-refractivity contribution in [2.24, 2.45) is 5.73 Å². The van der Waals surface area contributed by atoms with Crippen LogP contribution in [-0.2, 0) is 11.2 Å². The van der Waals surface area contributed by atoms with Crippen LogP contribution in [0.1, 0.15) is 23.6 Å². The van der Waals surface area contributed by atoms with Gasteiger partial charge in [-0.2, -0.15) is 0 Å². The summed E-state index contributed by atoms with van der Waals surface area (Å²) in [4.78, 5) is 12.1. The molecule has 104 valence electrons. The van der Waals surface area contributed by atoms with Crippen molar-refractivity contribution in [3.8, 4) is 0 Å². The van der Waals surface area contributed by atoms with Gasteiger partial charge in [-0.3, -0.25) is 4.79 Å². The number of rotatable bonds is 5. The summed E-state index contributed by atoms with van der Waals surface area (Å²) in [5, 5.41) is 1.08. The molecule has 0 saturated carbocycles. The van der Waals surface area contributed by atoms with Crippen molar-refractivity contribution >= 4 is 29.0 Å². The number of hydrogen-bond acceptors (Lipinski definition) is 2. The molecule has 2 N–H and O–H groups in total. The number of halogens is 2. The summed E-state index contributed by atoms with van der Waals surface area (Å²) in [6, 6.07) is 14.5. The maximum atomic E-state index is 12.1. The van der Waals surface area contributed by atoms with Crippen LogP contribution in [0.5, 0.6) is 0 Å². The molecule has 2 aromatic carbocycles. The number of carbonyl (C=O) groups is 1. The van der Waals surface area contributed by atoms with E-state index in [2.05, 4.69) is 0 Å². The van der Waals surface area contributed by atoms with E-state index in [0.717, 1.165) is 11.1 Å². The lowest BCUT2D eigenvalue weighted by Gasteiger charge is -2.11. The Bertz CT molecular complexity index is 599. The van der Waals surface area contributed by atoms with Gasteiger partial charge in [0.15, 0.2) is 0 Å². The van der Waals surface area contributed by atoms with Crippen molar-refractivity contribution in [3.05, 3.63) is 69.7 Å². The number of hydrogen-bond donors (Lipinski definition) is 1. The van der Waals surface area contributed by atoms with E-state index in [9.17, 15) is 4.79 Å². The summed E-state index contributed by atoms with van der Waals surface area (Å²) >= 11 is 11.9. The molecule has 0 saturated heterocycles. The van der Waals surface area contributed by atoms with E-state index < -0.39 is 0 Å². The van der Waals surface area contributed by atoms with Crippen LogP contribution in [0.25, 0.3) is 0 Å². The summed E-state index contributed by atoms with van der Waals surface area (Å²) in [5.41, 5.74) is 7.78. The van der Waals surface area contributed by atoms with E-state index in [1.54, 1.807) is 18.2 Å². The van der Waals surface area contributed by atoms with Gasteiger partial charge in [-0.05, 0) is 23.3 Å². The summed E-state index contributed by atoms with van der Waals surface area (Å²) in [6.07, 6.45) is 0.569. The fourth-order valence-electron chi connectivity index (χ4n) is 2.01. The minimum atomic E-state index is -0.283. The summed E-state index contributed by atoms with van der Waals surface area (Å²) in [5.74, 6) is 0.0607. The molecule has 0 bridgehead atoms. The molecule has 0 radical (unpaired) electrons.